The normalized spacial score (nSPS) is 24.6. The fourth-order valence-electron chi connectivity index (χ4n) is 3.20. The number of phenols is 2. The van der Waals surface area contributed by atoms with Crippen molar-refractivity contribution in [3.63, 3.8) is 0 Å². The summed E-state index contributed by atoms with van der Waals surface area (Å²) in [7, 11) is 2.74. The summed E-state index contributed by atoms with van der Waals surface area (Å²) in [5, 5.41) is 49.9. The van der Waals surface area contributed by atoms with E-state index < -0.39 is 43.3 Å². The average Bonchev–Trinajstić information content (AvgIpc) is 2.83. The summed E-state index contributed by atoms with van der Waals surface area (Å²) in [6.07, 6.45) is -4.91. The van der Waals surface area contributed by atoms with Crippen molar-refractivity contribution in [3.8, 4) is 28.7 Å². The first-order valence-electron chi connectivity index (χ1n) is 10.2. The second kappa shape index (κ2) is 11.1. The lowest BCUT2D eigenvalue weighted by atomic mass is 9.99. The maximum absolute atomic E-state index is 12.1. The first-order valence-corrected chi connectivity index (χ1v) is 10.2. The van der Waals surface area contributed by atoms with Crippen LogP contribution in [0.2, 0.25) is 0 Å². The van der Waals surface area contributed by atoms with E-state index in [2.05, 4.69) is 0 Å². The highest BCUT2D eigenvalue weighted by Crippen LogP contribution is 2.33. The van der Waals surface area contributed by atoms with Gasteiger partial charge in [0.25, 0.3) is 0 Å². The molecule has 184 valence electrons. The number of aromatic hydroxyl groups is 2. The molecule has 0 spiro atoms. The summed E-state index contributed by atoms with van der Waals surface area (Å²) >= 11 is 0. The zero-order chi connectivity index (χ0) is 24.8. The van der Waals surface area contributed by atoms with Gasteiger partial charge in [0.2, 0.25) is 6.29 Å². The number of methoxy groups -OCH3 is 2. The molecule has 2 aromatic carbocycles. The summed E-state index contributed by atoms with van der Waals surface area (Å²) in [6.45, 7) is -0.445. The van der Waals surface area contributed by atoms with Gasteiger partial charge in [0.1, 0.15) is 36.8 Å². The maximum atomic E-state index is 12.1. The van der Waals surface area contributed by atoms with E-state index in [1.807, 2.05) is 0 Å². The fourth-order valence-corrected chi connectivity index (χ4v) is 3.20. The molecule has 0 amide bonds. The standard InChI is InChI=1S/C23H26O11/c1-30-16-9-12(3-6-14(16)25)4-8-19(26)32-11-18-20(27)21(28)22(29)23(34-18)33-15-7-5-13(24)10-17(15)31-2/h3-10,18,20-25,27-29H,11H2,1-2H3/b8-4+/t18?,20-,21-,22-,23?/m0/s1. The Labute approximate surface area is 195 Å². The van der Waals surface area contributed by atoms with Crippen LogP contribution in [0.15, 0.2) is 42.5 Å². The number of aliphatic hydroxyl groups excluding tert-OH is 3. The summed E-state index contributed by atoms with van der Waals surface area (Å²) in [4.78, 5) is 12.1. The first kappa shape index (κ1) is 25.1. The van der Waals surface area contributed by atoms with Gasteiger partial charge in [0.05, 0.1) is 14.2 Å². The zero-order valence-corrected chi connectivity index (χ0v) is 18.4. The number of hydrogen-bond donors (Lipinski definition) is 5. The quantitative estimate of drug-likeness (QED) is 0.266. The lowest BCUT2D eigenvalue weighted by molar-refractivity contribution is -0.278. The molecule has 1 aliphatic rings. The van der Waals surface area contributed by atoms with Crippen LogP contribution in [0, 0.1) is 0 Å². The second-order valence-electron chi connectivity index (χ2n) is 7.36. The Morgan fingerprint density at radius 2 is 1.68 bits per heavy atom. The highest BCUT2D eigenvalue weighted by Gasteiger charge is 2.45. The van der Waals surface area contributed by atoms with Crippen LogP contribution in [-0.4, -0.2) is 83.0 Å². The molecule has 0 bridgehead atoms. The third-order valence-electron chi connectivity index (χ3n) is 5.06. The Bertz CT molecular complexity index is 1020. The van der Waals surface area contributed by atoms with E-state index in [1.165, 1.54) is 50.6 Å². The third kappa shape index (κ3) is 5.88. The van der Waals surface area contributed by atoms with E-state index in [0.717, 1.165) is 6.08 Å². The van der Waals surface area contributed by atoms with Crippen molar-refractivity contribution in [2.24, 2.45) is 0 Å². The molecule has 2 unspecified atom stereocenters. The summed E-state index contributed by atoms with van der Waals surface area (Å²) in [5.74, 6) is -0.396. The molecule has 3 rings (SSSR count). The van der Waals surface area contributed by atoms with Crippen LogP contribution in [0.25, 0.3) is 6.08 Å². The average molecular weight is 478 g/mol. The number of rotatable bonds is 8. The molecule has 2 aromatic rings. The Balaban J connectivity index is 1.63. The monoisotopic (exact) mass is 478 g/mol. The van der Waals surface area contributed by atoms with Crippen LogP contribution in [0.4, 0.5) is 0 Å². The smallest absolute Gasteiger partial charge is 0.330 e. The van der Waals surface area contributed by atoms with E-state index in [4.69, 9.17) is 23.7 Å². The van der Waals surface area contributed by atoms with Crippen molar-refractivity contribution in [1.29, 1.82) is 0 Å². The SMILES string of the molecule is COc1cc(/C=C/C(=O)OCC2OC(Oc3ccc(O)cc3OC)[C@@H](O)[C@@H](O)[C@H]2O)ccc1O. The molecule has 0 aromatic heterocycles. The van der Waals surface area contributed by atoms with Crippen molar-refractivity contribution in [1.82, 2.24) is 0 Å². The lowest BCUT2D eigenvalue weighted by Crippen LogP contribution is -2.60. The minimum Gasteiger partial charge on any atom is -0.508 e. The van der Waals surface area contributed by atoms with Gasteiger partial charge in [0, 0.05) is 12.1 Å². The third-order valence-corrected chi connectivity index (χ3v) is 5.06. The fraction of sp³-hybridized carbons (Fsp3) is 0.348. The molecule has 1 saturated heterocycles. The van der Waals surface area contributed by atoms with E-state index in [1.54, 1.807) is 6.07 Å². The summed E-state index contributed by atoms with van der Waals surface area (Å²) < 4.78 is 26.3. The van der Waals surface area contributed by atoms with Crippen molar-refractivity contribution in [2.45, 2.75) is 30.7 Å². The van der Waals surface area contributed by atoms with Gasteiger partial charge in [-0.05, 0) is 35.9 Å². The molecule has 5 atom stereocenters. The Morgan fingerprint density at radius 3 is 2.38 bits per heavy atom. The van der Waals surface area contributed by atoms with Crippen molar-refractivity contribution in [3.05, 3.63) is 48.0 Å². The van der Waals surface area contributed by atoms with Gasteiger partial charge in [0.15, 0.2) is 23.0 Å². The van der Waals surface area contributed by atoms with Crippen molar-refractivity contribution >= 4 is 12.0 Å². The van der Waals surface area contributed by atoms with Gasteiger partial charge in [-0.3, -0.25) is 0 Å². The molecular weight excluding hydrogens is 452 g/mol. The summed E-state index contributed by atoms with van der Waals surface area (Å²) in [5.41, 5.74) is 0.565. The molecule has 0 aliphatic carbocycles. The predicted molar refractivity (Wildman–Crippen MR) is 117 cm³/mol. The van der Waals surface area contributed by atoms with Crippen molar-refractivity contribution in [2.75, 3.05) is 20.8 Å². The largest absolute Gasteiger partial charge is 0.508 e. The lowest BCUT2D eigenvalue weighted by Gasteiger charge is -2.39. The highest BCUT2D eigenvalue weighted by molar-refractivity contribution is 5.87. The molecule has 1 aliphatic heterocycles. The number of phenolic OH excluding ortho intramolecular Hbond substituents is 2. The van der Waals surface area contributed by atoms with E-state index in [-0.39, 0.29) is 28.7 Å². The van der Waals surface area contributed by atoms with Crippen LogP contribution in [0.1, 0.15) is 5.56 Å². The minimum atomic E-state index is -1.65. The molecule has 1 heterocycles. The summed E-state index contributed by atoms with van der Waals surface area (Å²) in [6, 6.07) is 8.47. The minimum absolute atomic E-state index is 0.0481. The number of hydrogen-bond acceptors (Lipinski definition) is 11. The Morgan fingerprint density at radius 1 is 0.941 bits per heavy atom. The molecule has 11 heteroatoms. The molecule has 11 nitrogen and oxygen atoms in total. The van der Waals surface area contributed by atoms with Crippen LogP contribution in [0.5, 0.6) is 28.7 Å². The number of ether oxygens (including phenoxy) is 5. The van der Waals surface area contributed by atoms with Gasteiger partial charge in [-0.25, -0.2) is 4.79 Å². The van der Waals surface area contributed by atoms with Gasteiger partial charge in [-0.1, -0.05) is 6.07 Å². The van der Waals surface area contributed by atoms with E-state index in [9.17, 15) is 30.3 Å². The molecule has 0 saturated carbocycles. The number of aliphatic hydroxyl groups is 3. The highest BCUT2D eigenvalue weighted by atomic mass is 16.7. The van der Waals surface area contributed by atoms with Crippen molar-refractivity contribution < 1.29 is 54.0 Å². The van der Waals surface area contributed by atoms with Crippen LogP contribution in [-0.2, 0) is 14.3 Å². The number of carbonyl (C=O) groups excluding carboxylic acids is 1. The molecule has 5 N–H and O–H groups in total. The zero-order valence-electron chi connectivity index (χ0n) is 18.4. The molecular formula is C23H26O11. The van der Waals surface area contributed by atoms with E-state index in [0.29, 0.717) is 5.56 Å². The van der Waals surface area contributed by atoms with Crippen LogP contribution in [0.3, 0.4) is 0 Å². The van der Waals surface area contributed by atoms with Crippen LogP contribution < -0.4 is 14.2 Å². The van der Waals surface area contributed by atoms with Crippen LogP contribution >= 0.6 is 0 Å². The number of carbonyl (C=O) groups is 1. The topological polar surface area (TPSA) is 164 Å². The maximum Gasteiger partial charge on any atom is 0.330 e. The van der Waals surface area contributed by atoms with Gasteiger partial charge in [-0.15, -0.1) is 0 Å². The van der Waals surface area contributed by atoms with Gasteiger partial charge >= 0.3 is 5.97 Å². The van der Waals surface area contributed by atoms with E-state index >= 15 is 0 Å². The molecule has 0 radical (unpaired) electrons. The first-order chi connectivity index (χ1) is 16.2. The Kier molecular flexibility index (Phi) is 8.18. The Hall–Kier alpha value is -3.51. The number of esters is 1. The van der Waals surface area contributed by atoms with Gasteiger partial charge < -0.3 is 49.2 Å². The molecule has 1 fully saturated rings. The number of benzene rings is 2. The predicted octanol–water partition coefficient (Wildman–Crippen LogP) is 0.558. The van der Waals surface area contributed by atoms with Gasteiger partial charge in [-0.2, -0.15) is 0 Å². The second-order valence-corrected chi connectivity index (χ2v) is 7.36. The molecule has 34 heavy (non-hydrogen) atoms.